The maximum atomic E-state index is 3.33. The quantitative estimate of drug-likeness (QED) is 0.184. The lowest BCUT2D eigenvalue weighted by molar-refractivity contribution is 0.486. The van der Waals surface area contributed by atoms with Gasteiger partial charge in [0.2, 0.25) is 0 Å². The van der Waals surface area contributed by atoms with Crippen LogP contribution in [0.4, 0.5) is 11.4 Å². The highest BCUT2D eigenvalue weighted by molar-refractivity contribution is 5.88. The Morgan fingerprint density at radius 1 is 0.717 bits per heavy atom. The van der Waals surface area contributed by atoms with Crippen molar-refractivity contribution in [1.29, 1.82) is 0 Å². The van der Waals surface area contributed by atoms with Crippen LogP contribution in [0.5, 0.6) is 0 Å². The summed E-state index contributed by atoms with van der Waals surface area (Å²) in [6, 6.07) is 28.1. The van der Waals surface area contributed by atoms with Crippen LogP contribution in [0.15, 0.2) is 133 Å². The molecule has 0 saturated carbocycles. The first kappa shape index (κ1) is 36.5. The Morgan fingerprint density at radius 3 is 1.79 bits per heavy atom. The Balaban J connectivity index is 1.19. The summed E-state index contributed by atoms with van der Waals surface area (Å²) in [5.41, 5.74) is 18.4. The fourth-order valence-corrected chi connectivity index (χ4v) is 8.76. The molecule has 1 N–H and O–H groups in total. The minimum atomic E-state index is -0.128. The van der Waals surface area contributed by atoms with Gasteiger partial charge in [-0.2, -0.15) is 0 Å². The van der Waals surface area contributed by atoms with Gasteiger partial charge in [-0.3, -0.25) is 0 Å². The molecular formula is C51H58N2. The summed E-state index contributed by atoms with van der Waals surface area (Å²) >= 11 is 0. The molecule has 0 amide bonds. The predicted molar refractivity (Wildman–Crippen MR) is 231 cm³/mol. The van der Waals surface area contributed by atoms with E-state index >= 15 is 0 Å². The molecule has 0 aliphatic heterocycles. The van der Waals surface area contributed by atoms with Crippen molar-refractivity contribution in [2.45, 2.75) is 86.0 Å². The molecule has 3 aliphatic rings. The Morgan fingerprint density at radius 2 is 1.26 bits per heavy atom. The van der Waals surface area contributed by atoms with E-state index in [4.69, 9.17) is 0 Å². The molecule has 0 radical (unpaired) electrons. The van der Waals surface area contributed by atoms with Gasteiger partial charge in [0.05, 0.1) is 0 Å². The number of benzene rings is 4. The first-order valence-electron chi connectivity index (χ1n) is 19.5. The Bertz CT molecular complexity index is 2240. The molecule has 272 valence electrons. The van der Waals surface area contributed by atoms with Gasteiger partial charge in [0.15, 0.2) is 0 Å². The van der Waals surface area contributed by atoms with Crippen LogP contribution >= 0.6 is 0 Å². The summed E-state index contributed by atoms with van der Waals surface area (Å²) in [5.74, 6) is 0. The molecular weight excluding hydrogens is 641 g/mol. The standard InChI is InChI=1S/C51H58N2/c1-12-16-38(21-19-36(48(2,3)4)33-51(9)27-14-13-15-28-51)53(11)39-22-26-43-41-24-18-35(30-45(41)50(7,8)47(43)32-39)34-17-23-40-42-25-20-37(52-10)31-46(42)49(5,6)44(40)29-34/h13-27,29-33,52H,12,28H2,1-11H3/b21-19-,36-33+,38-16-. The highest BCUT2D eigenvalue weighted by Crippen LogP contribution is 2.53. The molecule has 0 spiro atoms. The van der Waals surface area contributed by atoms with E-state index in [-0.39, 0.29) is 21.7 Å². The van der Waals surface area contributed by atoms with Crippen LogP contribution in [0.25, 0.3) is 33.4 Å². The number of likely N-dealkylation sites (N-methyl/N-ethyl adjacent to an activating group) is 1. The van der Waals surface area contributed by atoms with Gasteiger partial charge in [0.25, 0.3) is 0 Å². The summed E-state index contributed by atoms with van der Waals surface area (Å²) in [6.07, 6.45) is 20.4. The lowest BCUT2D eigenvalue weighted by Crippen LogP contribution is -2.19. The minimum Gasteiger partial charge on any atom is -0.388 e. The van der Waals surface area contributed by atoms with E-state index < -0.39 is 0 Å². The van der Waals surface area contributed by atoms with Crippen LogP contribution in [0, 0.1) is 10.8 Å². The van der Waals surface area contributed by atoms with Crippen LogP contribution < -0.4 is 10.2 Å². The first-order valence-corrected chi connectivity index (χ1v) is 19.5. The number of anilines is 2. The fraction of sp³-hybridized carbons (Fsp3) is 0.333. The molecule has 7 rings (SSSR count). The van der Waals surface area contributed by atoms with Crippen LogP contribution in [0.3, 0.4) is 0 Å². The monoisotopic (exact) mass is 698 g/mol. The Kier molecular flexibility index (Phi) is 9.13. The lowest BCUT2D eigenvalue weighted by atomic mass is 9.76. The van der Waals surface area contributed by atoms with E-state index in [9.17, 15) is 0 Å². The van der Waals surface area contributed by atoms with Crippen molar-refractivity contribution >= 4 is 11.4 Å². The topological polar surface area (TPSA) is 15.3 Å². The number of hydrogen-bond donors (Lipinski definition) is 1. The Labute approximate surface area is 319 Å². The molecule has 0 bridgehead atoms. The third kappa shape index (κ3) is 6.45. The number of allylic oxidation sites excluding steroid dienone is 9. The van der Waals surface area contributed by atoms with Crippen molar-refractivity contribution < 1.29 is 0 Å². The zero-order chi connectivity index (χ0) is 37.9. The first-order chi connectivity index (χ1) is 25.1. The van der Waals surface area contributed by atoms with Crippen LogP contribution in [0.1, 0.15) is 97.4 Å². The van der Waals surface area contributed by atoms with Gasteiger partial charge in [-0.05, 0) is 122 Å². The largest absolute Gasteiger partial charge is 0.388 e. The fourth-order valence-electron chi connectivity index (χ4n) is 8.76. The number of nitrogens with one attached hydrogen (secondary N) is 1. The van der Waals surface area contributed by atoms with E-state index in [1.54, 1.807) is 0 Å². The third-order valence-corrected chi connectivity index (χ3v) is 12.2. The van der Waals surface area contributed by atoms with Crippen LogP contribution in [0.2, 0.25) is 0 Å². The number of nitrogens with zero attached hydrogens (tertiary/aromatic N) is 1. The van der Waals surface area contributed by atoms with Crippen molar-refractivity contribution in [2.24, 2.45) is 10.8 Å². The van der Waals surface area contributed by atoms with Gasteiger partial charge >= 0.3 is 0 Å². The number of rotatable bonds is 8. The van der Waals surface area contributed by atoms with E-state index in [0.717, 1.165) is 18.5 Å². The van der Waals surface area contributed by atoms with Crippen molar-refractivity contribution in [1.82, 2.24) is 0 Å². The lowest BCUT2D eigenvalue weighted by Gasteiger charge is -2.29. The third-order valence-electron chi connectivity index (χ3n) is 12.2. The predicted octanol–water partition coefficient (Wildman–Crippen LogP) is 13.8. The minimum absolute atomic E-state index is 0.0302. The van der Waals surface area contributed by atoms with Gasteiger partial charge < -0.3 is 10.2 Å². The molecule has 0 heterocycles. The van der Waals surface area contributed by atoms with Gasteiger partial charge in [0, 0.05) is 47.4 Å². The summed E-state index contributed by atoms with van der Waals surface area (Å²) in [7, 11) is 4.21. The van der Waals surface area contributed by atoms with E-state index in [2.05, 4.69) is 201 Å². The van der Waals surface area contributed by atoms with E-state index in [1.807, 2.05) is 7.05 Å². The van der Waals surface area contributed by atoms with Crippen molar-refractivity contribution in [2.75, 3.05) is 24.3 Å². The summed E-state index contributed by atoms with van der Waals surface area (Å²) in [5, 5.41) is 3.33. The molecule has 0 fully saturated rings. The molecule has 53 heavy (non-hydrogen) atoms. The van der Waals surface area contributed by atoms with Crippen molar-refractivity contribution in [3.8, 4) is 33.4 Å². The summed E-state index contributed by atoms with van der Waals surface area (Å²) in [6.45, 7) is 21.0. The smallest absolute Gasteiger partial charge is 0.0411 e. The van der Waals surface area contributed by atoms with Gasteiger partial charge in [0.1, 0.15) is 0 Å². The second kappa shape index (κ2) is 13.2. The maximum Gasteiger partial charge on any atom is 0.0411 e. The molecule has 4 aromatic rings. The van der Waals surface area contributed by atoms with Crippen LogP contribution in [-0.4, -0.2) is 14.1 Å². The van der Waals surface area contributed by atoms with E-state index in [0.29, 0.717) is 0 Å². The van der Waals surface area contributed by atoms with Crippen molar-refractivity contribution in [3.05, 3.63) is 155 Å². The van der Waals surface area contributed by atoms with Gasteiger partial charge in [-0.25, -0.2) is 0 Å². The average Bonchev–Trinajstić information content (AvgIpc) is 3.50. The van der Waals surface area contributed by atoms with E-state index in [1.165, 1.54) is 72.6 Å². The zero-order valence-electron chi connectivity index (χ0n) is 33.9. The second-order valence-corrected chi connectivity index (χ2v) is 17.8. The highest BCUT2D eigenvalue weighted by Gasteiger charge is 2.38. The maximum absolute atomic E-state index is 3.33. The van der Waals surface area contributed by atoms with Crippen molar-refractivity contribution in [3.63, 3.8) is 0 Å². The Hall–Kier alpha value is -4.82. The highest BCUT2D eigenvalue weighted by atomic mass is 15.1. The molecule has 0 aromatic heterocycles. The average molecular weight is 699 g/mol. The number of fused-ring (bicyclic) bond motifs is 6. The molecule has 2 nitrogen and oxygen atoms in total. The van der Waals surface area contributed by atoms with Gasteiger partial charge in [-0.1, -0.05) is 141 Å². The number of hydrogen-bond acceptors (Lipinski definition) is 2. The molecule has 1 unspecified atom stereocenters. The second-order valence-electron chi connectivity index (χ2n) is 17.8. The summed E-state index contributed by atoms with van der Waals surface area (Å²) in [4.78, 5) is 2.36. The molecule has 3 aliphatic carbocycles. The summed E-state index contributed by atoms with van der Waals surface area (Å²) < 4.78 is 0. The molecule has 1 atom stereocenters. The van der Waals surface area contributed by atoms with Gasteiger partial charge in [-0.15, -0.1) is 0 Å². The molecule has 2 heteroatoms. The SMILES string of the molecule is CC/C=C(/C=C\C(=C/C1(C)C=CC=CC1)C(C)(C)C)N(C)c1ccc2c(c1)C(C)(C)c1cc(-c3ccc4c(c3)C(C)(C)c3cc(NC)ccc3-4)ccc1-2. The zero-order valence-corrected chi connectivity index (χ0v) is 33.9. The molecule has 0 saturated heterocycles. The van der Waals surface area contributed by atoms with Crippen LogP contribution in [-0.2, 0) is 10.8 Å². The molecule has 4 aromatic carbocycles. The normalized spacial score (nSPS) is 19.6.